The van der Waals surface area contributed by atoms with Gasteiger partial charge in [0.2, 0.25) is 0 Å². The van der Waals surface area contributed by atoms with Gasteiger partial charge in [-0.1, -0.05) is 97.1 Å². The maximum atomic E-state index is 2.40. The number of rotatable bonds is 2. The Morgan fingerprint density at radius 1 is 0.364 bits per heavy atom. The number of hydrogen-bond donors (Lipinski definition) is 0. The molecule has 0 aliphatic heterocycles. The molecule has 0 bridgehead atoms. The fraction of sp³-hybridized carbons (Fsp3) is 0.0303. The van der Waals surface area contributed by atoms with Crippen LogP contribution in [0.25, 0.3) is 54.9 Å². The normalized spacial score (nSPS) is 12.1. The molecule has 0 nitrogen and oxygen atoms in total. The summed E-state index contributed by atoms with van der Waals surface area (Å²) in [6.07, 6.45) is 0.992. The quantitative estimate of drug-likeness (QED) is 0.263. The Morgan fingerprint density at radius 3 is 1.70 bits per heavy atom. The minimum atomic E-state index is 0.992. The fourth-order valence-electron chi connectivity index (χ4n) is 5.38. The predicted molar refractivity (Wildman–Crippen MR) is 141 cm³/mol. The van der Waals surface area contributed by atoms with Crippen molar-refractivity contribution >= 4 is 21.5 Å². The molecule has 0 amide bonds. The van der Waals surface area contributed by atoms with Crippen molar-refractivity contribution in [3.05, 3.63) is 132 Å². The Balaban J connectivity index is 1.49. The van der Waals surface area contributed by atoms with Crippen LogP contribution in [0.5, 0.6) is 0 Å². The molecule has 0 spiro atoms. The SMILES string of the molecule is c1ccc2c(c1)Cc1c(-c3ccc4ccccc4c3)cc(-c3ccc4ccccc4c3)cc1-2. The molecular formula is C33H22. The Labute approximate surface area is 193 Å². The molecule has 1 aliphatic rings. The molecule has 0 heterocycles. The van der Waals surface area contributed by atoms with E-state index in [1.54, 1.807) is 0 Å². The number of hydrogen-bond acceptors (Lipinski definition) is 0. The zero-order valence-electron chi connectivity index (χ0n) is 18.3. The maximum Gasteiger partial charge on any atom is -0.000728 e. The van der Waals surface area contributed by atoms with E-state index >= 15 is 0 Å². The van der Waals surface area contributed by atoms with Gasteiger partial charge in [0.05, 0.1) is 0 Å². The van der Waals surface area contributed by atoms with E-state index in [4.69, 9.17) is 0 Å². The molecule has 6 aromatic carbocycles. The number of benzene rings is 6. The van der Waals surface area contributed by atoms with Gasteiger partial charge in [-0.25, -0.2) is 0 Å². The van der Waals surface area contributed by atoms with Crippen LogP contribution >= 0.6 is 0 Å². The summed E-state index contributed by atoms with van der Waals surface area (Å²) in [5.41, 5.74) is 10.8. The van der Waals surface area contributed by atoms with E-state index in [1.165, 1.54) is 66.1 Å². The van der Waals surface area contributed by atoms with Crippen molar-refractivity contribution in [2.75, 3.05) is 0 Å². The van der Waals surface area contributed by atoms with Crippen LogP contribution < -0.4 is 0 Å². The summed E-state index contributed by atoms with van der Waals surface area (Å²) in [5.74, 6) is 0. The molecule has 0 saturated carbocycles. The first kappa shape index (κ1) is 18.4. The van der Waals surface area contributed by atoms with Crippen molar-refractivity contribution in [1.82, 2.24) is 0 Å². The molecule has 0 radical (unpaired) electrons. The van der Waals surface area contributed by atoms with Crippen LogP contribution in [0.4, 0.5) is 0 Å². The van der Waals surface area contributed by atoms with E-state index in [9.17, 15) is 0 Å². The lowest BCUT2D eigenvalue weighted by atomic mass is 9.89. The molecule has 0 saturated heterocycles. The van der Waals surface area contributed by atoms with Crippen molar-refractivity contribution in [3.63, 3.8) is 0 Å². The molecule has 154 valence electrons. The van der Waals surface area contributed by atoms with Crippen LogP contribution in [0.2, 0.25) is 0 Å². The molecule has 0 atom stereocenters. The third-order valence-electron chi connectivity index (χ3n) is 7.07. The highest BCUT2D eigenvalue weighted by Gasteiger charge is 2.23. The second-order valence-corrected chi connectivity index (χ2v) is 9.01. The van der Waals surface area contributed by atoms with Gasteiger partial charge >= 0.3 is 0 Å². The summed E-state index contributed by atoms with van der Waals surface area (Å²) in [5, 5.41) is 5.13. The van der Waals surface area contributed by atoms with Gasteiger partial charge in [0, 0.05) is 0 Å². The van der Waals surface area contributed by atoms with E-state index in [2.05, 4.69) is 121 Å². The molecule has 0 heteroatoms. The smallest absolute Gasteiger partial charge is 0.000728 e. The maximum absolute atomic E-state index is 2.40. The lowest BCUT2D eigenvalue weighted by molar-refractivity contribution is 1.26. The third kappa shape index (κ3) is 2.99. The van der Waals surface area contributed by atoms with Crippen molar-refractivity contribution in [2.45, 2.75) is 6.42 Å². The molecule has 0 fully saturated rings. The van der Waals surface area contributed by atoms with Crippen LogP contribution in [0.3, 0.4) is 0 Å². The van der Waals surface area contributed by atoms with E-state index in [-0.39, 0.29) is 0 Å². The molecule has 0 N–H and O–H groups in total. The molecule has 1 aliphatic carbocycles. The average molecular weight is 419 g/mol. The summed E-state index contributed by atoms with van der Waals surface area (Å²) in [7, 11) is 0. The Morgan fingerprint density at radius 2 is 0.939 bits per heavy atom. The van der Waals surface area contributed by atoms with E-state index in [1.807, 2.05) is 0 Å². The summed E-state index contributed by atoms with van der Waals surface area (Å²) in [6.45, 7) is 0. The number of fused-ring (bicyclic) bond motifs is 5. The molecular weight excluding hydrogens is 396 g/mol. The highest BCUT2D eigenvalue weighted by atomic mass is 14.3. The van der Waals surface area contributed by atoms with Crippen molar-refractivity contribution in [1.29, 1.82) is 0 Å². The molecule has 33 heavy (non-hydrogen) atoms. The van der Waals surface area contributed by atoms with Crippen molar-refractivity contribution in [3.8, 4) is 33.4 Å². The average Bonchev–Trinajstić information content (AvgIpc) is 3.26. The van der Waals surface area contributed by atoms with Gasteiger partial charge in [-0.3, -0.25) is 0 Å². The summed E-state index contributed by atoms with van der Waals surface area (Å²) >= 11 is 0. The fourth-order valence-corrected chi connectivity index (χ4v) is 5.38. The lowest BCUT2D eigenvalue weighted by Crippen LogP contribution is -1.91. The third-order valence-corrected chi connectivity index (χ3v) is 7.07. The first-order valence-corrected chi connectivity index (χ1v) is 11.6. The topological polar surface area (TPSA) is 0 Å². The first-order chi connectivity index (χ1) is 16.3. The molecule has 7 rings (SSSR count). The second kappa shape index (κ2) is 7.18. The van der Waals surface area contributed by atoms with Crippen LogP contribution in [0, 0.1) is 0 Å². The van der Waals surface area contributed by atoms with E-state index in [0.717, 1.165) is 6.42 Å². The molecule has 0 aromatic heterocycles. The Bertz CT molecular complexity index is 1690. The van der Waals surface area contributed by atoms with E-state index < -0.39 is 0 Å². The largest absolute Gasteiger partial charge is 0.0619 e. The van der Waals surface area contributed by atoms with Crippen molar-refractivity contribution < 1.29 is 0 Å². The van der Waals surface area contributed by atoms with Gasteiger partial charge < -0.3 is 0 Å². The van der Waals surface area contributed by atoms with Gasteiger partial charge in [-0.05, 0) is 96.7 Å². The van der Waals surface area contributed by atoms with Crippen LogP contribution in [-0.2, 0) is 6.42 Å². The first-order valence-electron chi connectivity index (χ1n) is 11.6. The minimum Gasteiger partial charge on any atom is -0.0619 e. The van der Waals surface area contributed by atoms with Gasteiger partial charge in [0.25, 0.3) is 0 Å². The summed E-state index contributed by atoms with van der Waals surface area (Å²) in [4.78, 5) is 0. The zero-order chi connectivity index (χ0) is 21.8. The van der Waals surface area contributed by atoms with Crippen LogP contribution in [0.15, 0.2) is 121 Å². The monoisotopic (exact) mass is 418 g/mol. The van der Waals surface area contributed by atoms with Gasteiger partial charge in [-0.2, -0.15) is 0 Å². The minimum absolute atomic E-state index is 0.992. The van der Waals surface area contributed by atoms with Crippen LogP contribution in [0.1, 0.15) is 11.1 Å². The lowest BCUT2D eigenvalue weighted by Gasteiger charge is -2.14. The van der Waals surface area contributed by atoms with Gasteiger partial charge in [0.1, 0.15) is 0 Å². The molecule has 6 aromatic rings. The zero-order valence-corrected chi connectivity index (χ0v) is 18.3. The van der Waals surface area contributed by atoms with Gasteiger partial charge in [0.15, 0.2) is 0 Å². The molecule has 0 unspecified atom stereocenters. The van der Waals surface area contributed by atoms with E-state index in [0.29, 0.717) is 0 Å². The standard InChI is InChI=1S/C33H22/c1-3-9-24-17-26(15-13-22(24)7-1)29-20-31(28-16-14-23-8-2-4-10-25(23)18-28)33-19-27-11-5-6-12-30(27)32(33)21-29/h1-18,20-21H,19H2. The predicted octanol–water partition coefficient (Wildman–Crippen LogP) is 8.90. The van der Waals surface area contributed by atoms with Crippen LogP contribution in [-0.4, -0.2) is 0 Å². The van der Waals surface area contributed by atoms with Gasteiger partial charge in [-0.15, -0.1) is 0 Å². The highest BCUT2D eigenvalue weighted by molar-refractivity contribution is 5.94. The Kier molecular flexibility index (Phi) is 4.01. The second-order valence-electron chi connectivity index (χ2n) is 9.01. The highest BCUT2D eigenvalue weighted by Crippen LogP contribution is 2.44. The Hall–Kier alpha value is -4.16. The summed E-state index contributed by atoms with van der Waals surface area (Å²) in [6, 6.07) is 44.6. The van der Waals surface area contributed by atoms with Crippen molar-refractivity contribution in [2.24, 2.45) is 0 Å². The summed E-state index contributed by atoms with van der Waals surface area (Å²) < 4.78 is 0.